The molecule has 0 aliphatic carbocycles. The van der Waals surface area contributed by atoms with E-state index in [2.05, 4.69) is 46.9 Å². The van der Waals surface area contributed by atoms with E-state index in [4.69, 9.17) is 19.2 Å². The highest BCUT2D eigenvalue weighted by atomic mass is 16.5. The van der Waals surface area contributed by atoms with Gasteiger partial charge in [0, 0.05) is 38.0 Å². The zero-order chi connectivity index (χ0) is 26.2. The van der Waals surface area contributed by atoms with Crippen molar-refractivity contribution in [2.24, 2.45) is 0 Å². The van der Waals surface area contributed by atoms with Gasteiger partial charge in [-0.2, -0.15) is 0 Å². The number of methoxy groups -OCH3 is 2. The molecule has 0 saturated heterocycles. The molecule has 0 saturated carbocycles. The molecule has 9 heteroatoms. The number of anilines is 1. The van der Waals surface area contributed by atoms with Crippen molar-refractivity contribution in [3.8, 4) is 17.4 Å². The Bertz CT molecular complexity index is 1290. The smallest absolute Gasteiger partial charge is 0.212 e. The lowest BCUT2D eigenvalue weighted by molar-refractivity contribution is 0.283. The highest BCUT2D eigenvalue weighted by Crippen LogP contribution is 2.30. The molecule has 9 nitrogen and oxygen atoms in total. The molecule has 0 amide bonds. The minimum Gasteiger partial charge on any atom is -0.493 e. The van der Waals surface area contributed by atoms with Crippen LogP contribution >= 0.6 is 0 Å². The molecule has 3 aromatic heterocycles. The number of fused-ring (bicyclic) bond motifs is 1. The van der Waals surface area contributed by atoms with Crippen LogP contribution in [-0.4, -0.2) is 72.4 Å². The van der Waals surface area contributed by atoms with Gasteiger partial charge in [0.25, 0.3) is 0 Å². The van der Waals surface area contributed by atoms with Crippen LogP contribution < -0.4 is 19.1 Å². The summed E-state index contributed by atoms with van der Waals surface area (Å²) in [7, 11) is 7.50. The van der Waals surface area contributed by atoms with Crippen LogP contribution in [0.5, 0.6) is 17.4 Å². The fourth-order valence-corrected chi connectivity index (χ4v) is 4.11. The molecule has 4 rings (SSSR count). The molecule has 0 unspecified atom stereocenters. The van der Waals surface area contributed by atoms with Gasteiger partial charge in [0.2, 0.25) is 5.88 Å². The average molecular weight is 505 g/mol. The summed E-state index contributed by atoms with van der Waals surface area (Å²) >= 11 is 0. The van der Waals surface area contributed by atoms with Gasteiger partial charge in [-0.05, 0) is 49.8 Å². The van der Waals surface area contributed by atoms with E-state index in [-0.39, 0.29) is 0 Å². The Kier molecular flexibility index (Phi) is 8.79. The molecule has 196 valence electrons. The van der Waals surface area contributed by atoms with E-state index < -0.39 is 0 Å². The first kappa shape index (κ1) is 26.2. The van der Waals surface area contributed by atoms with Gasteiger partial charge in [-0.1, -0.05) is 13.0 Å². The monoisotopic (exact) mass is 504 g/mol. The molecule has 3 heterocycles. The van der Waals surface area contributed by atoms with E-state index in [1.165, 1.54) is 0 Å². The second kappa shape index (κ2) is 12.4. The first-order valence-electron chi connectivity index (χ1n) is 12.5. The van der Waals surface area contributed by atoms with Crippen LogP contribution in [0.15, 0.2) is 55.1 Å². The highest BCUT2D eigenvalue weighted by molar-refractivity contribution is 5.75. The van der Waals surface area contributed by atoms with Crippen LogP contribution in [-0.2, 0) is 13.2 Å². The van der Waals surface area contributed by atoms with E-state index >= 15 is 0 Å². The van der Waals surface area contributed by atoms with E-state index in [1.54, 1.807) is 20.4 Å². The third kappa shape index (κ3) is 6.68. The minimum atomic E-state index is 0.383. The maximum Gasteiger partial charge on any atom is 0.212 e. The molecule has 0 N–H and O–H groups in total. The maximum atomic E-state index is 5.99. The van der Waals surface area contributed by atoms with Gasteiger partial charge in [-0.25, -0.2) is 15.0 Å². The van der Waals surface area contributed by atoms with Gasteiger partial charge >= 0.3 is 0 Å². The number of aromatic nitrogens is 4. The molecule has 37 heavy (non-hydrogen) atoms. The number of nitrogens with zero attached hydrogens (tertiary/aromatic N) is 6. The van der Waals surface area contributed by atoms with Crippen LogP contribution in [0.3, 0.4) is 0 Å². The van der Waals surface area contributed by atoms with Crippen molar-refractivity contribution in [1.82, 2.24) is 24.4 Å². The van der Waals surface area contributed by atoms with Gasteiger partial charge < -0.3 is 28.6 Å². The molecule has 1 aromatic carbocycles. The lowest BCUT2D eigenvalue weighted by Crippen LogP contribution is -2.31. The van der Waals surface area contributed by atoms with Crippen molar-refractivity contribution in [3.05, 3.63) is 66.2 Å². The summed E-state index contributed by atoms with van der Waals surface area (Å²) in [5.74, 6) is 1.92. The second-order valence-electron chi connectivity index (χ2n) is 9.12. The molecule has 0 atom stereocenters. The van der Waals surface area contributed by atoms with E-state index in [0.717, 1.165) is 54.0 Å². The standard InChI is InChI=1S/C28H36N6O3/c1-6-11-32(2)12-13-33(3)23-15-24-28(30-17-23)34(20-31-24)18-21-7-9-25(26(14-21)35-4)37-19-22-8-10-27(36-5)29-16-22/h7-10,14-17,20H,6,11-13,18-19H2,1-5H3. The Morgan fingerprint density at radius 1 is 0.838 bits per heavy atom. The zero-order valence-corrected chi connectivity index (χ0v) is 22.3. The summed E-state index contributed by atoms with van der Waals surface area (Å²) in [4.78, 5) is 18.1. The fourth-order valence-electron chi connectivity index (χ4n) is 4.11. The van der Waals surface area contributed by atoms with Gasteiger partial charge in [-0.15, -0.1) is 0 Å². The topological polar surface area (TPSA) is 77.8 Å². The van der Waals surface area contributed by atoms with E-state index in [0.29, 0.717) is 30.5 Å². The van der Waals surface area contributed by atoms with Gasteiger partial charge in [0.05, 0.1) is 39.0 Å². The second-order valence-corrected chi connectivity index (χ2v) is 9.12. The van der Waals surface area contributed by atoms with Gasteiger partial charge in [-0.3, -0.25) is 0 Å². The summed E-state index contributed by atoms with van der Waals surface area (Å²) in [5.41, 5.74) is 4.81. The van der Waals surface area contributed by atoms with E-state index in [1.807, 2.05) is 47.4 Å². The van der Waals surface area contributed by atoms with E-state index in [9.17, 15) is 0 Å². The summed E-state index contributed by atoms with van der Waals surface area (Å²) in [6, 6.07) is 11.8. The molecule has 4 aromatic rings. The molecule has 0 aliphatic heterocycles. The molecule has 0 radical (unpaired) electrons. The number of benzene rings is 1. The molecule has 0 spiro atoms. The van der Waals surface area contributed by atoms with Crippen molar-refractivity contribution in [3.63, 3.8) is 0 Å². The number of pyridine rings is 2. The minimum absolute atomic E-state index is 0.383. The van der Waals surface area contributed by atoms with Crippen molar-refractivity contribution in [1.29, 1.82) is 0 Å². The number of ether oxygens (including phenoxy) is 3. The predicted octanol–water partition coefficient (Wildman–Crippen LogP) is 4.25. The number of imidazole rings is 1. The summed E-state index contributed by atoms with van der Waals surface area (Å²) in [5, 5.41) is 0. The van der Waals surface area contributed by atoms with Crippen molar-refractivity contribution < 1.29 is 14.2 Å². The normalized spacial score (nSPS) is 11.2. The Hall–Kier alpha value is -3.85. The summed E-state index contributed by atoms with van der Waals surface area (Å²) < 4.78 is 18.7. The van der Waals surface area contributed by atoms with Crippen LogP contribution in [0, 0.1) is 0 Å². The largest absolute Gasteiger partial charge is 0.493 e. The van der Waals surface area contributed by atoms with Gasteiger partial charge in [0.1, 0.15) is 12.1 Å². The number of likely N-dealkylation sites (N-methyl/N-ethyl adjacent to an activating group) is 2. The number of hydrogen-bond donors (Lipinski definition) is 0. The fraction of sp³-hybridized carbons (Fsp3) is 0.393. The molecular weight excluding hydrogens is 468 g/mol. The Morgan fingerprint density at radius 2 is 1.68 bits per heavy atom. The zero-order valence-electron chi connectivity index (χ0n) is 22.3. The molecule has 0 bridgehead atoms. The maximum absolute atomic E-state index is 5.99. The lowest BCUT2D eigenvalue weighted by atomic mass is 10.2. The lowest BCUT2D eigenvalue weighted by Gasteiger charge is -2.23. The van der Waals surface area contributed by atoms with Crippen LogP contribution in [0.4, 0.5) is 5.69 Å². The van der Waals surface area contributed by atoms with Crippen molar-refractivity contribution in [2.75, 3.05) is 52.8 Å². The molecule has 0 fully saturated rings. The third-order valence-electron chi connectivity index (χ3n) is 6.29. The molecule has 0 aliphatic rings. The van der Waals surface area contributed by atoms with Crippen molar-refractivity contribution in [2.45, 2.75) is 26.5 Å². The summed E-state index contributed by atoms with van der Waals surface area (Å²) in [6.45, 7) is 6.26. The van der Waals surface area contributed by atoms with Crippen molar-refractivity contribution >= 4 is 16.9 Å². The first-order chi connectivity index (χ1) is 18.0. The highest BCUT2D eigenvalue weighted by Gasteiger charge is 2.12. The average Bonchev–Trinajstić information content (AvgIpc) is 3.33. The van der Waals surface area contributed by atoms with Crippen LogP contribution in [0.1, 0.15) is 24.5 Å². The number of rotatable bonds is 13. The summed E-state index contributed by atoms with van der Waals surface area (Å²) in [6.07, 6.45) is 6.66. The third-order valence-corrected chi connectivity index (χ3v) is 6.29. The number of hydrogen-bond acceptors (Lipinski definition) is 8. The van der Waals surface area contributed by atoms with Crippen LogP contribution in [0.25, 0.3) is 11.2 Å². The quantitative estimate of drug-likeness (QED) is 0.267. The SMILES string of the molecule is CCCN(C)CCN(C)c1cnc2c(c1)ncn2Cc1ccc(OCc2ccc(OC)nc2)c(OC)c1. The molecular formula is C28H36N6O3. The Balaban J connectivity index is 1.41. The Labute approximate surface area is 218 Å². The Morgan fingerprint density at radius 3 is 2.41 bits per heavy atom. The first-order valence-corrected chi connectivity index (χ1v) is 12.5. The van der Waals surface area contributed by atoms with Gasteiger partial charge in [0.15, 0.2) is 17.1 Å². The predicted molar refractivity (Wildman–Crippen MR) is 146 cm³/mol. The van der Waals surface area contributed by atoms with Crippen LogP contribution in [0.2, 0.25) is 0 Å².